The van der Waals surface area contributed by atoms with Crippen molar-refractivity contribution < 1.29 is 22.7 Å². The minimum Gasteiger partial charge on any atom is -0.497 e. The van der Waals surface area contributed by atoms with Gasteiger partial charge in [-0.15, -0.1) is 4.40 Å². The molecule has 0 aliphatic rings. The van der Waals surface area contributed by atoms with E-state index in [1.165, 1.54) is 43.1 Å². The molecule has 3 rings (SSSR count). The van der Waals surface area contributed by atoms with Crippen LogP contribution in [0.5, 0.6) is 5.75 Å². The van der Waals surface area contributed by atoms with Gasteiger partial charge in [0.2, 0.25) is 4.80 Å². The fourth-order valence-electron chi connectivity index (χ4n) is 2.36. The van der Waals surface area contributed by atoms with Gasteiger partial charge in [0.15, 0.2) is 0 Å². The quantitative estimate of drug-likeness (QED) is 0.585. The van der Waals surface area contributed by atoms with Crippen molar-refractivity contribution in [3.8, 4) is 5.75 Å². The van der Waals surface area contributed by atoms with Gasteiger partial charge in [0.25, 0.3) is 10.0 Å². The lowest BCUT2D eigenvalue weighted by atomic mass is 10.3. The van der Waals surface area contributed by atoms with Gasteiger partial charge in [0.05, 0.1) is 29.3 Å². The van der Waals surface area contributed by atoms with Gasteiger partial charge in [-0.05, 0) is 42.5 Å². The molecule has 27 heavy (non-hydrogen) atoms. The van der Waals surface area contributed by atoms with Crippen molar-refractivity contribution in [2.75, 3.05) is 14.2 Å². The lowest BCUT2D eigenvalue weighted by Gasteiger charge is -2.05. The number of methoxy groups -OCH3 is 2. The highest BCUT2D eigenvalue weighted by atomic mass is 35.5. The van der Waals surface area contributed by atoms with Crippen LogP contribution in [-0.2, 0) is 26.1 Å². The topological polar surface area (TPSA) is 87.0 Å². The molecular weight excluding hydrogens is 412 g/mol. The summed E-state index contributed by atoms with van der Waals surface area (Å²) in [6.07, 6.45) is 0. The molecule has 0 saturated carbocycles. The van der Waals surface area contributed by atoms with E-state index in [1.807, 2.05) is 0 Å². The number of thiazole rings is 1. The van der Waals surface area contributed by atoms with Crippen molar-refractivity contribution in [3.63, 3.8) is 0 Å². The van der Waals surface area contributed by atoms with E-state index in [4.69, 9.17) is 21.1 Å². The molecule has 10 heteroatoms. The molecule has 0 saturated heterocycles. The summed E-state index contributed by atoms with van der Waals surface area (Å²) in [7, 11) is -1.18. The SMILES string of the molecule is COC(=O)Cn1/c(=N/S(=O)(=O)c2ccc(Cl)cc2)sc2cc(OC)ccc21. The summed E-state index contributed by atoms with van der Waals surface area (Å²) in [6, 6.07) is 10.9. The first-order valence-electron chi connectivity index (χ1n) is 7.65. The van der Waals surface area contributed by atoms with Crippen LogP contribution < -0.4 is 9.54 Å². The third kappa shape index (κ3) is 4.15. The van der Waals surface area contributed by atoms with Crippen molar-refractivity contribution in [2.24, 2.45) is 4.40 Å². The second-order valence-electron chi connectivity index (χ2n) is 5.40. The van der Waals surface area contributed by atoms with Crippen LogP contribution in [0.15, 0.2) is 51.8 Å². The molecule has 1 aromatic heterocycles. The smallest absolute Gasteiger partial charge is 0.325 e. The lowest BCUT2D eigenvalue weighted by molar-refractivity contribution is -0.141. The van der Waals surface area contributed by atoms with Crippen molar-refractivity contribution in [3.05, 3.63) is 52.3 Å². The Morgan fingerprint density at radius 2 is 1.89 bits per heavy atom. The number of aromatic nitrogens is 1. The molecule has 0 N–H and O–H groups in total. The number of esters is 1. The van der Waals surface area contributed by atoms with Gasteiger partial charge in [-0.2, -0.15) is 8.42 Å². The van der Waals surface area contributed by atoms with Gasteiger partial charge >= 0.3 is 5.97 Å². The van der Waals surface area contributed by atoms with Crippen LogP contribution in [0.25, 0.3) is 10.2 Å². The number of ether oxygens (including phenoxy) is 2. The Kier molecular flexibility index (Phi) is 5.54. The molecule has 142 valence electrons. The molecule has 7 nitrogen and oxygen atoms in total. The minimum absolute atomic E-state index is 0.00607. The zero-order valence-corrected chi connectivity index (χ0v) is 16.8. The van der Waals surface area contributed by atoms with E-state index in [0.717, 1.165) is 16.0 Å². The summed E-state index contributed by atoms with van der Waals surface area (Å²) in [6.45, 7) is -0.169. The second-order valence-corrected chi connectivity index (χ2v) is 8.45. The summed E-state index contributed by atoms with van der Waals surface area (Å²) < 4.78 is 41.4. The Morgan fingerprint density at radius 1 is 1.19 bits per heavy atom. The number of rotatable bonds is 5. The van der Waals surface area contributed by atoms with Crippen LogP contribution in [0.4, 0.5) is 0 Å². The predicted octanol–water partition coefficient (Wildman–Crippen LogP) is 2.83. The van der Waals surface area contributed by atoms with Gasteiger partial charge < -0.3 is 14.0 Å². The third-order valence-electron chi connectivity index (χ3n) is 3.71. The fourth-order valence-corrected chi connectivity index (χ4v) is 4.75. The van der Waals surface area contributed by atoms with E-state index in [9.17, 15) is 13.2 Å². The first kappa shape index (κ1) is 19.4. The fraction of sp³-hybridized carbons (Fsp3) is 0.176. The highest BCUT2D eigenvalue weighted by Gasteiger charge is 2.16. The maximum atomic E-state index is 12.7. The molecule has 1 heterocycles. The standard InChI is InChI=1S/C17H15ClN2O5S2/c1-24-12-5-8-14-15(9-12)26-17(20(14)10-16(21)25-2)19-27(22,23)13-6-3-11(18)4-7-13/h3-9H,10H2,1-2H3/b19-17-. The number of carbonyl (C=O) groups is 1. The Balaban J connectivity index is 2.21. The molecule has 0 aliphatic carbocycles. The monoisotopic (exact) mass is 426 g/mol. The Bertz CT molecular complexity index is 1160. The molecular formula is C17H15ClN2O5S2. The molecule has 0 bridgehead atoms. The number of fused-ring (bicyclic) bond motifs is 1. The molecule has 2 aromatic carbocycles. The highest BCUT2D eigenvalue weighted by Crippen LogP contribution is 2.24. The zero-order chi connectivity index (χ0) is 19.6. The number of sulfonamides is 1. The second kappa shape index (κ2) is 7.71. The van der Waals surface area contributed by atoms with E-state index >= 15 is 0 Å². The molecule has 3 aromatic rings. The molecule has 0 radical (unpaired) electrons. The summed E-state index contributed by atoms with van der Waals surface area (Å²) >= 11 is 6.95. The average Bonchev–Trinajstić information content (AvgIpc) is 2.97. The maximum absolute atomic E-state index is 12.7. The van der Waals surface area contributed by atoms with Gasteiger partial charge in [0, 0.05) is 5.02 Å². The van der Waals surface area contributed by atoms with E-state index in [2.05, 4.69) is 4.40 Å². The lowest BCUT2D eigenvalue weighted by Crippen LogP contribution is -2.22. The summed E-state index contributed by atoms with van der Waals surface area (Å²) in [5.74, 6) is 0.0944. The molecule has 0 fully saturated rings. The highest BCUT2D eigenvalue weighted by molar-refractivity contribution is 7.90. The van der Waals surface area contributed by atoms with Crippen LogP contribution >= 0.6 is 22.9 Å². The number of nitrogens with zero attached hydrogens (tertiary/aromatic N) is 2. The average molecular weight is 427 g/mol. The van der Waals surface area contributed by atoms with Gasteiger partial charge in [0.1, 0.15) is 12.3 Å². The Hall–Kier alpha value is -2.36. The Labute approximate surface area is 164 Å². The number of hydrogen-bond acceptors (Lipinski definition) is 6. The molecule has 0 unspecified atom stereocenters. The first-order valence-corrected chi connectivity index (χ1v) is 10.3. The van der Waals surface area contributed by atoms with Crippen molar-refractivity contribution in [1.29, 1.82) is 0 Å². The van der Waals surface area contributed by atoms with Crippen LogP contribution in [0.3, 0.4) is 0 Å². The number of benzene rings is 2. The van der Waals surface area contributed by atoms with Gasteiger partial charge in [-0.3, -0.25) is 4.79 Å². The van der Waals surface area contributed by atoms with E-state index < -0.39 is 16.0 Å². The summed E-state index contributed by atoms with van der Waals surface area (Å²) in [4.78, 5) is 12.0. The number of carbonyl (C=O) groups excluding carboxylic acids is 1. The van der Waals surface area contributed by atoms with E-state index in [-0.39, 0.29) is 16.2 Å². The molecule has 0 spiro atoms. The van der Waals surface area contributed by atoms with Crippen molar-refractivity contribution in [1.82, 2.24) is 4.57 Å². The van der Waals surface area contributed by atoms with Gasteiger partial charge in [-0.1, -0.05) is 22.9 Å². The zero-order valence-electron chi connectivity index (χ0n) is 14.4. The number of hydrogen-bond donors (Lipinski definition) is 0. The molecule has 0 aliphatic heterocycles. The van der Waals surface area contributed by atoms with Crippen LogP contribution in [0.2, 0.25) is 5.02 Å². The van der Waals surface area contributed by atoms with E-state index in [0.29, 0.717) is 16.3 Å². The minimum atomic E-state index is -3.99. The van der Waals surface area contributed by atoms with Gasteiger partial charge in [-0.25, -0.2) is 0 Å². The van der Waals surface area contributed by atoms with E-state index in [1.54, 1.807) is 18.2 Å². The largest absolute Gasteiger partial charge is 0.497 e. The van der Waals surface area contributed by atoms with Crippen molar-refractivity contribution in [2.45, 2.75) is 11.4 Å². The Morgan fingerprint density at radius 3 is 2.52 bits per heavy atom. The van der Waals surface area contributed by atoms with Crippen LogP contribution in [-0.4, -0.2) is 33.2 Å². The van der Waals surface area contributed by atoms with Crippen LogP contribution in [0.1, 0.15) is 0 Å². The first-order chi connectivity index (χ1) is 12.8. The third-order valence-corrected chi connectivity index (χ3v) is 6.40. The summed E-state index contributed by atoms with van der Waals surface area (Å²) in [5.41, 5.74) is 0.649. The van der Waals surface area contributed by atoms with Crippen LogP contribution in [0, 0.1) is 0 Å². The maximum Gasteiger partial charge on any atom is 0.325 e. The molecule has 0 amide bonds. The van der Waals surface area contributed by atoms with Crippen molar-refractivity contribution >= 4 is 49.1 Å². The summed E-state index contributed by atoms with van der Waals surface area (Å²) in [5, 5.41) is 0.420. The number of halogens is 1. The normalized spacial score (nSPS) is 12.3. The predicted molar refractivity (Wildman–Crippen MR) is 103 cm³/mol. The molecule has 0 atom stereocenters.